The number of benzene rings is 1. The molecule has 1 aliphatic rings. The molecule has 1 aromatic carbocycles. The Morgan fingerprint density at radius 1 is 1.29 bits per heavy atom. The van der Waals surface area contributed by atoms with Crippen LogP contribution in [0.5, 0.6) is 0 Å². The highest BCUT2D eigenvalue weighted by Gasteiger charge is 2.43. The van der Waals surface area contributed by atoms with Gasteiger partial charge < -0.3 is 15.2 Å². The van der Waals surface area contributed by atoms with Gasteiger partial charge in [0.1, 0.15) is 0 Å². The van der Waals surface area contributed by atoms with Crippen molar-refractivity contribution in [3.63, 3.8) is 0 Å². The van der Waals surface area contributed by atoms with Crippen LogP contribution >= 0.6 is 0 Å². The molecule has 1 unspecified atom stereocenters. The van der Waals surface area contributed by atoms with Crippen LogP contribution in [-0.4, -0.2) is 51.2 Å². The number of carboxylic acid groups (broad SMARTS) is 1. The van der Waals surface area contributed by atoms with Gasteiger partial charge in [-0.3, -0.25) is 4.79 Å². The molecule has 132 valence electrons. The van der Waals surface area contributed by atoms with Gasteiger partial charge in [0.05, 0.1) is 11.5 Å². The number of carboxylic acids is 1. The first kappa shape index (κ1) is 18.4. The first-order valence-corrected chi connectivity index (χ1v) is 8.92. The third-order valence-corrected chi connectivity index (χ3v) is 5.38. The molecule has 0 aromatic heterocycles. The summed E-state index contributed by atoms with van der Waals surface area (Å²) in [7, 11) is -2.16. The molecule has 0 aliphatic carbocycles. The van der Waals surface area contributed by atoms with Gasteiger partial charge in [-0.15, -0.1) is 0 Å². The van der Waals surface area contributed by atoms with Crippen LogP contribution in [0.25, 0.3) is 0 Å². The molecule has 8 nitrogen and oxygen atoms in total. The van der Waals surface area contributed by atoms with Crippen molar-refractivity contribution in [2.24, 2.45) is 0 Å². The molecule has 0 radical (unpaired) electrons. The maximum absolute atomic E-state index is 12.0. The fourth-order valence-electron chi connectivity index (χ4n) is 2.43. The van der Waals surface area contributed by atoms with E-state index in [1.165, 1.54) is 19.2 Å². The number of ether oxygens (including phenoxy) is 1. The highest BCUT2D eigenvalue weighted by molar-refractivity contribution is 7.89. The van der Waals surface area contributed by atoms with E-state index in [4.69, 9.17) is 4.74 Å². The fourth-order valence-corrected chi connectivity index (χ4v) is 3.16. The van der Waals surface area contributed by atoms with Gasteiger partial charge in [0.25, 0.3) is 0 Å². The average Bonchev–Trinajstić information content (AvgIpc) is 3.03. The quantitative estimate of drug-likeness (QED) is 0.626. The van der Waals surface area contributed by atoms with Gasteiger partial charge in [0.2, 0.25) is 15.9 Å². The zero-order valence-electron chi connectivity index (χ0n) is 13.2. The molecule has 1 aliphatic heterocycles. The van der Waals surface area contributed by atoms with Crippen LogP contribution in [0.1, 0.15) is 18.4 Å². The third kappa shape index (κ3) is 4.11. The number of rotatable bonds is 7. The van der Waals surface area contributed by atoms with E-state index in [2.05, 4.69) is 10.0 Å². The summed E-state index contributed by atoms with van der Waals surface area (Å²) in [6.07, 6.45) is 0.722. The van der Waals surface area contributed by atoms with Crippen LogP contribution in [0.15, 0.2) is 29.2 Å². The topological polar surface area (TPSA) is 122 Å². The van der Waals surface area contributed by atoms with Gasteiger partial charge in [-0.2, -0.15) is 0 Å². The van der Waals surface area contributed by atoms with Crippen LogP contribution in [0, 0.1) is 0 Å². The van der Waals surface area contributed by atoms with E-state index >= 15 is 0 Å². The SMILES string of the molecule is CNS(=O)(=O)c1ccc(CCC(=O)NC2(C(=O)O)CCOC2)cc1. The number of sulfonamides is 1. The Hall–Kier alpha value is -1.97. The van der Waals surface area contributed by atoms with Crippen LogP contribution in [0.2, 0.25) is 0 Å². The first-order chi connectivity index (χ1) is 11.3. The number of amides is 1. The summed E-state index contributed by atoms with van der Waals surface area (Å²) in [5.74, 6) is -1.48. The zero-order valence-corrected chi connectivity index (χ0v) is 14.1. The summed E-state index contributed by atoms with van der Waals surface area (Å²) in [6, 6.07) is 6.18. The molecule has 9 heteroatoms. The lowest BCUT2D eigenvalue weighted by Crippen LogP contribution is -2.55. The van der Waals surface area contributed by atoms with Crippen LogP contribution in [0.3, 0.4) is 0 Å². The molecule has 0 saturated carbocycles. The van der Waals surface area contributed by atoms with Crippen molar-refractivity contribution in [3.05, 3.63) is 29.8 Å². The van der Waals surface area contributed by atoms with Crippen molar-refractivity contribution in [2.75, 3.05) is 20.3 Å². The van der Waals surface area contributed by atoms with Gasteiger partial charge in [-0.1, -0.05) is 12.1 Å². The van der Waals surface area contributed by atoms with Crippen molar-refractivity contribution >= 4 is 21.9 Å². The van der Waals surface area contributed by atoms with Gasteiger partial charge in [-0.05, 0) is 31.2 Å². The monoisotopic (exact) mass is 356 g/mol. The molecule has 24 heavy (non-hydrogen) atoms. The minimum atomic E-state index is -3.49. The maximum Gasteiger partial charge on any atom is 0.331 e. The Morgan fingerprint density at radius 3 is 2.46 bits per heavy atom. The molecule has 1 aromatic rings. The maximum atomic E-state index is 12.0. The number of nitrogens with one attached hydrogen (secondary N) is 2. The molecule has 1 saturated heterocycles. The average molecular weight is 356 g/mol. The molecule has 1 amide bonds. The molecule has 2 rings (SSSR count). The Bertz CT molecular complexity index is 708. The van der Waals surface area contributed by atoms with Crippen molar-refractivity contribution in [1.29, 1.82) is 0 Å². The number of carbonyl (C=O) groups excluding carboxylic acids is 1. The van der Waals surface area contributed by atoms with Crippen molar-refractivity contribution < 1.29 is 27.9 Å². The number of aliphatic carboxylic acids is 1. The predicted octanol–water partition coefficient (Wildman–Crippen LogP) is -0.113. The molecule has 0 bridgehead atoms. The van der Waals surface area contributed by atoms with E-state index in [0.29, 0.717) is 13.0 Å². The second-order valence-electron chi connectivity index (χ2n) is 5.59. The highest BCUT2D eigenvalue weighted by atomic mass is 32.2. The lowest BCUT2D eigenvalue weighted by molar-refractivity contribution is -0.147. The second kappa shape index (κ2) is 7.29. The van der Waals surface area contributed by atoms with E-state index in [-0.39, 0.29) is 30.3 Å². The fraction of sp³-hybridized carbons (Fsp3) is 0.467. The summed E-state index contributed by atoms with van der Waals surface area (Å²) in [6.45, 7) is 0.263. The Kier molecular flexibility index (Phi) is 5.58. The standard InChI is InChI=1S/C15H20N2O6S/c1-16-24(21,22)12-5-2-11(3-6-12)4-7-13(18)17-15(14(19)20)8-9-23-10-15/h2-3,5-6,16H,4,7-10H2,1H3,(H,17,18)(H,19,20). The Balaban J connectivity index is 1.93. The molecule has 1 heterocycles. The minimum Gasteiger partial charge on any atom is -0.479 e. The van der Waals surface area contributed by atoms with Gasteiger partial charge in [0, 0.05) is 19.4 Å². The van der Waals surface area contributed by atoms with Crippen LogP contribution < -0.4 is 10.0 Å². The Labute approximate surface area is 140 Å². The smallest absolute Gasteiger partial charge is 0.331 e. The van der Waals surface area contributed by atoms with Gasteiger partial charge >= 0.3 is 5.97 Å². The summed E-state index contributed by atoms with van der Waals surface area (Å²) in [4.78, 5) is 23.5. The third-order valence-electron chi connectivity index (χ3n) is 3.95. The zero-order chi connectivity index (χ0) is 17.8. The number of carbonyl (C=O) groups is 2. The van der Waals surface area contributed by atoms with Crippen LogP contribution in [0.4, 0.5) is 0 Å². The lowest BCUT2D eigenvalue weighted by Gasteiger charge is -2.23. The largest absolute Gasteiger partial charge is 0.479 e. The second-order valence-corrected chi connectivity index (χ2v) is 7.48. The Morgan fingerprint density at radius 2 is 1.96 bits per heavy atom. The summed E-state index contributed by atoms with van der Waals surface area (Å²) < 4.78 is 30.6. The minimum absolute atomic E-state index is 0.0371. The van der Waals surface area contributed by atoms with Gasteiger partial charge in [-0.25, -0.2) is 17.9 Å². The summed E-state index contributed by atoms with van der Waals surface area (Å²) in [5.41, 5.74) is -0.561. The summed E-state index contributed by atoms with van der Waals surface area (Å²) in [5, 5.41) is 11.8. The molecular weight excluding hydrogens is 336 g/mol. The van der Waals surface area contributed by atoms with E-state index in [0.717, 1.165) is 5.56 Å². The molecule has 3 N–H and O–H groups in total. The van der Waals surface area contributed by atoms with Crippen LogP contribution in [-0.2, 0) is 30.8 Å². The number of hydrogen-bond acceptors (Lipinski definition) is 5. The van der Waals surface area contributed by atoms with Crippen molar-refractivity contribution in [2.45, 2.75) is 29.7 Å². The van der Waals surface area contributed by atoms with E-state index in [9.17, 15) is 23.1 Å². The molecule has 1 fully saturated rings. The van der Waals surface area contributed by atoms with Crippen molar-refractivity contribution in [3.8, 4) is 0 Å². The molecular formula is C15H20N2O6S. The lowest BCUT2D eigenvalue weighted by atomic mass is 9.98. The number of aryl methyl sites for hydroxylation is 1. The highest BCUT2D eigenvalue weighted by Crippen LogP contribution is 2.19. The predicted molar refractivity (Wildman–Crippen MR) is 85.0 cm³/mol. The van der Waals surface area contributed by atoms with Crippen molar-refractivity contribution in [1.82, 2.24) is 10.0 Å². The first-order valence-electron chi connectivity index (χ1n) is 7.44. The van der Waals surface area contributed by atoms with Gasteiger partial charge in [0.15, 0.2) is 5.54 Å². The molecule has 0 spiro atoms. The van der Waals surface area contributed by atoms with E-state index < -0.39 is 21.5 Å². The number of hydrogen-bond donors (Lipinski definition) is 3. The normalized spacial score (nSPS) is 20.7. The van der Waals surface area contributed by atoms with E-state index in [1.807, 2.05) is 0 Å². The van der Waals surface area contributed by atoms with E-state index in [1.54, 1.807) is 12.1 Å². The molecule has 1 atom stereocenters. The summed E-state index contributed by atoms with van der Waals surface area (Å²) >= 11 is 0.